The Balaban J connectivity index is 2.28. The zero-order valence-electron chi connectivity index (χ0n) is 12.5. The van der Waals surface area contributed by atoms with Crippen molar-refractivity contribution in [3.8, 4) is 0 Å². The SMILES string of the molecule is Cc1ccc([N+](=O)[O-])cc1S(=O)(=O)NCc1ccc(=O)n(C)c1. The minimum Gasteiger partial charge on any atom is -0.318 e. The quantitative estimate of drug-likeness (QED) is 0.648. The molecule has 9 heteroatoms. The van der Waals surface area contributed by atoms with Gasteiger partial charge in [0.15, 0.2) is 0 Å². The van der Waals surface area contributed by atoms with Gasteiger partial charge in [0, 0.05) is 38.0 Å². The number of hydrogen-bond acceptors (Lipinski definition) is 5. The van der Waals surface area contributed by atoms with Crippen LogP contribution in [0, 0.1) is 17.0 Å². The summed E-state index contributed by atoms with van der Waals surface area (Å²) in [5.41, 5.74) is 0.506. The number of rotatable bonds is 5. The normalized spacial score (nSPS) is 11.4. The number of non-ortho nitro benzene ring substituents is 1. The van der Waals surface area contributed by atoms with Gasteiger partial charge in [0.2, 0.25) is 15.6 Å². The van der Waals surface area contributed by atoms with E-state index in [2.05, 4.69) is 4.72 Å². The summed E-state index contributed by atoms with van der Waals surface area (Å²) in [7, 11) is -2.35. The Bertz CT molecular complexity index is 918. The molecular weight excluding hydrogens is 322 g/mol. The molecule has 2 aromatic rings. The number of aryl methyl sites for hydroxylation is 2. The van der Waals surface area contributed by atoms with Gasteiger partial charge < -0.3 is 4.57 Å². The third-order valence-electron chi connectivity index (χ3n) is 3.29. The molecule has 0 amide bonds. The first-order valence-corrected chi connectivity index (χ1v) is 8.09. The van der Waals surface area contributed by atoms with Crippen LogP contribution in [0.4, 0.5) is 5.69 Å². The number of nitro benzene ring substituents is 1. The van der Waals surface area contributed by atoms with Crippen LogP contribution in [0.2, 0.25) is 0 Å². The molecule has 0 saturated carbocycles. The standard InChI is InChI=1S/C14H15N3O5S/c1-10-3-5-12(17(19)20)7-13(10)23(21,22)15-8-11-4-6-14(18)16(2)9-11/h3-7,9,15H,8H2,1-2H3. The molecule has 1 N–H and O–H groups in total. The monoisotopic (exact) mass is 337 g/mol. The summed E-state index contributed by atoms with van der Waals surface area (Å²) in [5, 5.41) is 10.8. The maximum Gasteiger partial charge on any atom is 0.270 e. The van der Waals surface area contributed by atoms with Gasteiger partial charge in [0.05, 0.1) is 9.82 Å². The Kier molecular flexibility index (Phi) is 4.62. The molecule has 0 bridgehead atoms. The molecule has 0 spiro atoms. The molecule has 122 valence electrons. The first kappa shape index (κ1) is 16.8. The molecule has 1 aromatic carbocycles. The predicted octanol–water partition coefficient (Wildman–Crippen LogP) is 1.08. The van der Waals surface area contributed by atoms with Gasteiger partial charge in [-0.25, -0.2) is 13.1 Å². The minimum atomic E-state index is -3.91. The molecule has 0 aliphatic rings. The van der Waals surface area contributed by atoms with Gasteiger partial charge in [0.25, 0.3) is 5.69 Å². The van der Waals surface area contributed by atoms with Gasteiger partial charge in [-0.15, -0.1) is 0 Å². The fraction of sp³-hybridized carbons (Fsp3) is 0.214. The van der Waals surface area contributed by atoms with E-state index in [9.17, 15) is 23.3 Å². The van der Waals surface area contributed by atoms with Crippen LogP contribution >= 0.6 is 0 Å². The predicted molar refractivity (Wildman–Crippen MR) is 83.5 cm³/mol. The van der Waals surface area contributed by atoms with Gasteiger partial charge >= 0.3 is 0 Å². The van der Waals surface area contributed by atoms with Crippen molar-refractivity contribution in [1.29, 1.82) is 0 Å². The lowest BCUT2D eigenvalue weighted by Gasteiger charge is -2.10. The molecule has 23 heavy (non-hydrogen) atoms. The van der Waals surface area contributed by atoms with Gasteiger partial charge in [-0.3, -0.25) is 14.9 Å². The first-order valence-electron chi connectivity index (χ1n) is 6.61. The summed E-state index contributed by atoms with van der Waals surface area (Å²) in [4.78, 5) is 21.3. The van der Waals surface area contributed by atoms with E-state index in [1.807, 2.05) is 0 Å². The maximum atomic E-state index is 12.4. The highest BCUT2D eigenvalue weighted by Gasteiger charge is 2.20. The van der Waals surface area contributed by atoms with Crippen molar-refractivity contribution in [2.45, 2.75) is 18.4 Å². The van der Waals surface area contributed by atoms with Crippen LogP contribution in [0.5, 0.6) is 0 Å². The largest absolute Gasteiger partial charge is 0.318 e. The number of benzene rings is 1. The highest BCUT2D eigenvalue weighted by atomic mass is 32.2. The van der Waals surface area contributed by atoms with Gasteiger partial charge in [-0.05, 0) is 18.1 Å². The second kappa shape index (κ2) is 6.31. The third-order valence-corrected chi connectivity index (χ3v) is 4.83. The summed E-state index contributed by atoms with van der Waals surface area (Å²) in [6.07, 6.45) is 1.52. The van der Waals surface area contributed by atoms with Gasteiger partial charge in [-0.2, -0.15) is 0 Å². The van der Waals surface area contributed by atoms with Crippen LogP contribution in [0.15, 0.2) is 46.2 Å². The van der Waals surface area contributed by atoms with Crippen molar-refractivity contribution in [2.24, 2.45) is 7.05 Å². The second-order valence-electron chi connectivity index (χ2n) is 5.02. The molecule has 0 aliphatic carbocycles. The van der Waals surface area contributed by atoms with Gasteiger partial charge in [0.1, 0.15) is 0 Å². The lowest BCUT2D eigenvalue weighted by atomic mass is 10.2. The molecule has 1 heterocycles. The molecule has 0 unspecified atom stereocenters. The van der Waals surface area contributed by atoms with E-state index in [1.165, 1.54) is 35.0 Å². The second-order valence-corrected chi connectivity index (χ2v) is 6.75. The van der Waals surface area contributed by atoms with Crippen LogP contribution in [-0.2, 0) is 23.6 Å². The van der Waals surface area contributed by atoms with Crippen molar-refractivity contribution in [1.82, 2.24) is 9.29 Å². The van der Waals surface area contributed by atoms with Crippen LogP contribution in [-0.4, -0.2) is 17.9 Å². The topological polar surface area (TPSA) is 111 Å². The zero-order valence-corrected chi connectivity index (χ0v) is 13.3. The maximum absolute atomic E-state index is 12.4. The molecule has 0 aliphatic heterocycles. The smallest absolute Gasteiger partial charge is 0.270 e. The number of aromatic nitrogens is 1. The minimum absolute atomic E-state index is 0.0292. The van der Waals surface area contributed by atoms with Crippen molar-refractivity contribution in [3.05, 3.63) is 68.1 Å². The van der Waals surface area contributed by atoms with Crippen LogP contribution in [0.25, 0.3) is 0 Å². The summed E-state index contributed by atoms with van der Waals surface area (Å²) in [6, 6.07) is 6.52. The molecular formula is C14H15N3O5S. The zero-order chi connectivity index (χ0) is 17.2. The van der Waals surface area contributed by atoms with E-state index in [0.29, 0.717) is 11.1 Å². The number of pyridine rings is 1. The molecule has 0 saturated heterocycles. The number of nitrogens with zero attached hydrogens (tertiary/aromatic N) is 2. The van der Waals surface area contributed by atoms with Crippen molar-refractivity contribution < 1.29 is 13.3 Å². The Morgan fingerprint density at radius 1 is 1.26 bits per heavy atom. The lowest BCUT2D eigenvalue weighted by Crippen LogP contribution is -2.25. The van der Waals surface area contributed by atoms with E-state index in [4.69, 9.17) is 0 Å². The van der Waals surface area contributed by atoms with Crippen LogP contribution in [0.3, 0.4) is 0 Å². The summed E-state index contributed by atoms with van der Waals surface area (Å²) >= 11 is 0. The molecule has 0 fully saturated rings. The molecule has 2 rings (SSSR count). The number of hydrogen-bond donors (Lipinski definition) is 1. The van der Waals surface area contributed by atoms with E-state index in [1.54, 1.807) is 14.0 Å². The molecule has 8 nitrogen and oxygen atoms in total. The average molecular weight is 337 g/mol. The fourth-order valence-corrected chi connectivity index (χ4v) is 3.28. The summed E-state index contributed by atoms with van der Waals surface area (Å²) in [5.74, 6) is 0. The molecule has 0 atom stereocenters. The van der Waals surface area contributed by atoms with E-state index in [-0.39, 0.29) is 22.7 Å². The Morgan fingerprint density at radius 2 is 1.96 bits per heavy atom. The van der Waals surface area contributed by atoms with E-state index in [0.717, 1.165) is 6.07 Å². The molecule has 1 aromatic heterocycles. The van der Waals surface area contributed by atoms with Crippen molar-refractivity contribution in [2.75, 3.05) is 0 Å². The number of sulfonamides is 1. The summed E-state index contributed by atoms with van der Waals surface area (Å²) in [6.45, 7) is 1.53. The van der Waals surface area contributed by atoms with E-state index < -0.39 is 14.9 Å². The van der Waals surface area contributed by atoms with Crippen molar-refractivity contribution in [3.63, 3.8) is 0 Å². The highest BCUT2D eigenvalue weighted by molar-refractivity contribution is 7.89. The van der Waals surface area contributed by atoms with Crippen molar-refractivity contribution >= 4 is 15.7 Å². The number of nitrogens with one attached hydrogen (secondary N) is 1. The first-order chi connectivity index (χ1) is 10.7. The van der Waals surface area contributed by atoms with Crippen LogP contribution < -0.4 is 10.3 Å². The summed E-state index contributed by atoms with van der Waals surface area (Å²) < 4.78 is 28.4. The van der Waals surface area contributed by atoms with Gasteiger partial charge in [-0.1, -0.05) is 12.1 Å². The highest BCUT2D eigenvalue weighted by Crippen LogP contribution is 2.21. The van der Waals surface area contributed by atoms with E-state index >= 15 is 0 Å². The number of nitro groups is 1. The molecule has 0 radical (unpaired) electrons. The average Bonchev–Trinajstić information content (AvgIpc) is 2.48. The lowest BCUT2D eigenvalue weighted by molar-refractivity contribution is -0.385. The Labute approximate surface area is 132 Å². The third kappa shape index (κ3) is 3.82. The Hall–Kier alpha value is -2.52. The Morgan fingerprint density at radius 3 is 2.57 bits per heavy atom. The fourth-order valence-electron chi connectivity index (χ4n) is 2.00. The van der Waals surface area contributed by atoms with Crippen LogP contribution in [0.1, 0.15) is 11.1 Å².